The van der Waals surface area contributed by atoms with Gasteiger partial charge in [-0.1, -0.05) is 0 Å². The van der Waals surface area contributed by atoms with Gasteiger partial charge < -0.3 is 19.5 Å². The summed E-state index contributed by atoms with van der Waals surface area (Å²) in [6.45, 7) is 4.05. The smallest absolute Gasteiger partial charge is 0.269 e. The Morgan fingerprint density at radius 3 is 2.60 bits per heavy atom. The number of quaternary nitrogens is 1. The third kappa shape index (κ3) is 4.44. The molecule has 1 aliphatic heterocycles. The number of aliphatic hydroxyl groups is 1. The summed E-state index contributed by atoms with van der Waals surface area (Å²) < 4.78 is 10.7. The van der Waals surface area contributed by atoms with Gasteiger partial charge in [-0.15, -0.1) is 0 Å². The highest BCUT2D eigenvalue weighted by molar-refractivity contribution is 5.35. The first-order valence-corrected chi connectivity index (χ1v) is 6.62. The molecule has 1 aromatic rings. The number of hydrogen-bond donors (Lipinski definition) is 2. The number of morpholine rings is 1. The van der Waals surface area contributed by atoms with Gasteiger partial charge in [0.2, 0.25) is 0 Å². The molecule has 0 amide bonds. The van der Waals surface area contributed by atoms with Crippen molar-refractivity contribution >= 4 is 5.69 Å². The van der Waals surface area contributed by atoms with Gasteiger partial charge >= 0.3 is 0 Å². The Kier molecular flexibility index (Phi) is 5.28. The molecule has 0 unspecified atom stereocenters. The normalized spacial score (nSPS) is 17.6. The molecule has 20 heavy (non-hydrogen) atoms. The number of ether oxygens (including phenoxy) is 2. The van der Waals surface area contributed by atoms with E-state index in [4.69, 9.17) is 9.47 Å². The number of non-ortho nitro benzene ring substituents is 1. The van der Waals surface area contributed by atoms with Crippen molar-refractivity contribution in [2.45, 2.75) is 6.10 Å². The number of nitrogens with zero attached hydrogens (tertiary/aromatic N) is 1. The molecule has 1 saturated heterocycles. The lowest BCUT2D eigenvalue weighted by molar-refractivity contribution is -0.911. The third-order valence-electron chi connectivity index (χ3n) is 3.21. The van der Waals surface area contributed by atoms with Crippen molar-refractivity contribution in [3.63, 3.8) is 0 Å². The molecule has 1 fully saturated rings. The van der Waals surface area contributed by atoms with Gasteiger partial charge in [0.1, 0.15) is 38.1 Å². The van der Waals surface area contributed by atoms with Gasteiger partial charge in [0.05, 0.1) is 18.1 Å². The number of aliphatic hydroxyl groups excluding tert-OH is 1. The fourth-order valence-electron chi connectivity index (χ4n) is 2.11. The van der Waals surface area contributed by atoms with E-state index in [1.54, 1.807) is 0 Å². The maximum atomic E-state index is 10.5. The molecule has 1 aliphatic rings. The second-order valence-electron chi connectivity index (χ2n) is 4.78. The van der Waals surface area contributed by atoms with Gasteiger partial charge in [0.25, 0.3) is 5.69 Å². The van der Waals surface area contributed by atoms with Gasteiger partial charge in [-0.05, 0) is 12.1 Å². The monoisotopic (exact) mass is 283 g/mol. The van der Waals surface area contributed by atoms with E-state index in [0.717, 1.165) is 26.3 Å². The van der Waals surface area contributed by atoms with E-state index in [2.05, 4.69) is 0 Å². The van der Waals surface area contributed by atoms with E-state index in [9.17, 15) is 15.2 Å². The predicted octanol–water partition coefficient (Wildman–Crippen LogP) is -0.750. The number of rotatable bonds is 6. The fourth-order valence-corrected chi connectivity index (χ4v) is 2.11. The summed E-state index contributed by atoms with van der Waals surface area (Å²) in [5, 5.41) is 20.4. The Morgan fingerprint density at radius 1 is 1.35 bits per heavy atom. The molecule has 0 spiro atoms. The Hall–Kier alpha value is -1.70. The molecule has 1 heterocycles. The number of nitro benzene ring substituents is 1. The van der Waals surface area contributed by atoms with Crippen LogP contribution < -0.4 is 9.64 Å². The summed E-state index contributed by atoms with van der Waals surface area (Å²) in [4.78, 5) is 11.4. The van der Waals surface area contributed by atoms with Crippen molar-refractivity contribution in [1.82, 2.24) is 0 Å². The van der Waals surface area contributed by atoms with Crippen LogP contribution in [0.2, 0.25) is 0 Å². The van der Waals surface area contributed by atoms with Crippen LogP contribution in [0.5, 0.6) is 5.75 Å². The highest BCUT2D eigenvalue weighted by Crippen LogP contribution is 2.17. The van der Waals surface area contributed by atoms with Gasteiger partial charge in [-0.2, -0.15) is 0 Å². The van der Waals surface area contributed by atoms with E-state index in [0.29, 0.717) is 12.3 Å². The summed E-state index contributed by atoms with van der Waals surface area (Å²) in [7, 11) is 0. The molecule has 0 radical (unpaired) electrons. The largest absolute Gasteiger partial charge is 0.491 e. The zero-order chi connectivity index (χ0) is 14.4. The second kappa shape index (κ2) is 7.18. The minimum atomic E-state index is -0.557. The van der Waals surface area contributed by atoms with E-state index in [1.807, 2.05) is 0 Å². The molecule has 0 bridgehead atoms. The molecule has 0 aromatic heterocycles. The molecule has 1 atom stereocenters. The Labute approximate surface area is 116 Å². The van der Waals surface area contributed by atoms with Crippen LogP contribution in [0, 0.1) is 10.1 Å². The molecule has 1 aromatic carbocycles. The minimum absolute atomic E-state index is 0.0238. The van der Waals surface area contributed by atoms with Gasteiger partial charge in [0, 0.05) is 12.1 Å². The maximum Gasteiger partial charge on any atom is 0.269 e. The van der Waals surface area contributed by atoms with Gasteiger partial charge in [0.15, 0.2) is 0 Å². The molecule has 7 nitrogen and oxygen atoms in total. The summed E-state index contributed by atoms with van der Waals surface area (Å²) in [5.74, 6) is 0.520. The van der Waals surface area contributed by atoms with Crippen molar-refractivity contribution in [2.24, 2.45) is 0 Å². The summed E-state index contributed by atoms with van der Waals surface area (Å²) in [6, 6.07) is 5.84. The lowest BCUT2D eigenvalue weighted by Crippen LogP contribution is -3.15. The second-order valence-corrected chi connectivity index (χ2v) is 4.78. The fraction of sp³-hybridized carbons (Fsp3) is 0.538. The van der Waals surface area contributed by atoms with E-state index in [1.165, 1.54) is 29.2 Å². The van der Waals surface area contributed by atoms with Crippen LogP contribution in [0.3, 0.4) is 0 Å². The molecule has 2 N–H and O–H groups in total. The molecule has 0 aliphatic carbocycles. The molecule has 7 heteroatoms. The van der Waals surface area contributed by atoms with Crippen molar-refractivity contribution in [3.8, 4) is 5.75 Å². The van der Waals surface area contributed by atoms with Crippen molar-refractivity contribution in [1.29, 1.82) is 0 Å². The predicted molar refractivity (Wildman–Crippen MR) is 71.0 cm³/mol. The highest BCUT2D eigenvalue weighted by atomic mass is 16.6. The molecule has 2 rings (SSSR count). The highest BCUT2D eigenvalue weighted by Gasteiger charge is 2.18. The van der Waals surface area contributed by atoms with Crippen LogP contribution >= 0.6 is 0 Å². The van der Waals surface area contributed by atoms with E-state index < -0.39 is 11.0 Å². The number of nitrogens with one attached hydrogen (secondary N) is 1. The number of hydrogen-bond acceptors (Lipinski definition) is 5. The Balaban J connectivity index is 1.74. The molecular weight excluding hydrogens is 264 g/mol. The van der Waals surface area contributed by atoms with Gasteiger partial charge in [-0.25, -0.2) is 0 Å². The van der Waals surface area contributed by atoms with E-state index in [-0.39, 0.29) is 12.3 Å². The summed E-state index contributed by atoms with van der Waals surface area (Å²) in [6.07, 6.45) is -0.557. The Bertz CT molecular complexity index is 431. The first-order chi connectivity index (χ1) is 9.65. The van der Waals surface area contributed by atoms with Crippen molar-refractivity contribution < 1.29 is 24.4 Å². The molecular formula is C13H19N2O5+. The van der Waals surface area contributed by atoms with Crippen LogP contribution in [0.1, 0.15) is 0 Å². The average molecular weight is 283 g/mol. The van der Waals surface area contributed by atoms with E-state index >= 15 is 0 Å². The van der Waals surface area contributed by atoms with Crippen LogP contribution in [0.25, 0.3) is 0 Å². The Morgan fingerprint density at radius 2 is 2.00 bits per heavy atom. The minimum Gasteiger partial charge on any atom is -0.491 e. The SMILES string of the molecule is O=[N+]([O-])c1ccc(OC[C@H](O)C[NH+]2CCOCC2)cc1. The number of benzene rings is 1. The van der Waals surface area contributed by atoms with Gasteiger partial charge in [-0.3, -0.25) is 10.1 Å². The molecule has 0 saturated carbocycles. The maximum absolute atomic E-state index is 10.5. The van der Waals surface area contributed by atoms with Crippen LogP contribution in [0.4, 0.5) is 5.69 Å². The standard InChI is InChI=1S/C13H18N2O5/c16-12(9-14-5-7-19-8-6-14)10-20-13-3-1-11(2-4-13)15(17)18/h1-4,12,16H,5-10H2/p+1/t12-/m1/s1. The van der Waals surface area contributed by atoms with Crippen molar-refractivity contribution in [2.75, 3.05) is 39.5 Å². The van der Waals surface area contributed by atoms with Crippen LogP contribution in [-0.4, -0.2) is 55.6 Å². The number of nitro groups is 1. The topological polar surface area (TPSA) is 86.3 Å². The summed E-state index contributed by atoms with van der Waals surface area (Å²) in [5.41, 5.74) is 0.0238. The van der Waals surface area contributed by atoms with Crippen molar-refractivity contribution in [3.05, 3.63) is 34.4 Å². The first kappa shape index (κ1) is 14.7. The lowest BCUT2D eigenvalue weighted by atomic mass is 10.3. The molecule has 110 valence electrons. The van der Waals surface area contributed by atoms with Crippen LogP contribution in [-0.2, 0) is 4.74 Å². The first-order valence-electron chi connectivity index (χ1n) is 6.62. The summed E-state index contributed by atoms with van der Waals surface area (Å²) >= 11 is 0. The van der Waals surface area contributed by atoms with Crippen LogP contribution in [0.15, 0.2) is 24.3 Å². The lowest BCUT2D eigenvalue weighted by Gasteiger charge is -2.25. The third-order valence-corrected chi connectivity index (χ3v) is 3.21. The zero-order valence-corrected chi connectivity index (χ0v) is 11.2. The zero-order valence-electron chi connectivity index (χ0n) is 11.2. The average Bonchev–Trinajstić information content (AvgIpc) is 2.46. The quantitative estimate of drug-likeness (QED) is 0.530.